The van der Waals surface area contributed by atoms with Crippen molar-refractivity contribution in [2.24, 2.45) is 5.73 Å². The summed E-state index contributed by atoms with van der Waals surface area (Å²) < 4.78 is 1.57. The minimum Gasteiger partial charge on any atom is -0.401 e. The molecule has 0 aliphatic carbocycles. The van der Waals surface area contributed by atoms with Gasteiger partial charge < -0.3 is 5.73 Å². The molecule has 3 rings (SSSR count). The van der Waals surface area contributed by atoms with Gasteiger partial charge in [-0.3, -0.25) is 14.2 Å². The van der Waals surface area contributed by atoms with Crippen LogP contribution in [0.3, 0.4) is 0 Å². The zero-order valence-electron chi connectivity index (χ0n) is 18.2. The minimum atomic E-state index is -0.384. The van der Waals surface area contributed by atoms with Crippen molar-refractivity contribution in [1.29, 1.82) is 5.26 Å². The van der Waals surface area contributed by atoms with Gasteiger partial charge in [0.1, 0.15) is 16.5 Å². The van der Waals surface area contributed by atoms with Crippen LogP contribution in [0.4, 0.5) is 0 Å². The van der Waals surface area contributed by atoms with E-state index in [1.54, 1.807) is 4.57 Å². The molecule has 6 nitrogen and oxygen atoms in total. The highest BCUT2D eigenvalue weighted by atomic mass is 32.2. The summed E-state index contributed by atoms with van der Waals surface area (Å²) in [6.07, 6.45) is 0.743. The summed E-state index contributed by atoms with van der Waals surface area (Å²) in [6, 6.07) is 7.67. The molecule has 0 amide bonds. The molecule has 0 aliphatic rings. The first-order valence-corrected chi connectivity index (χ1v) is 11.6. The van der Waals surface area contributed by atoms with Crippen molar-refractivity contribution in [3.63, 3.8) is 0 Å². The Labute approximate surface area is 189 Å². The Morgan fingerprint density at radius 2 is 2.00 bits per heavy atom. The highest BCUT2D eigenvalue weighted by molar-refractivity contribution is 7.99. The lowest BCUT2D eigenvalue weighted by Gasteiger charge is -2.14. The number of Topliss-reactive ketones (excluding diaryl/α,β-unsaturated/α-hetero) is 1. The number of fused-ring (bicyclic) bond motifs is 1. The molecule has 1 aromatic carbocycles. The predicted octanol–water partition coefficient (Wildman–Crippen LogP) is 4.35. The van der Waals surface area contributed by atoms with Gasteiger partial charge in [-0.2, -0.15) is 5.26 Å². The second-order valence-corrected chi connectivity index (χ2v) is 9.50. The second-order valence-electron chi connectivity index (χ2n) is 7.36. The molecule has 0 atom stereocenters. The SMILES string of the molecule is CCc1c(C)sc2nc(SCC(=O)/C(C#N)=C(\C)N)n(-c3ccc(C)c(C)c3)c(=O)c12. The number of hydrogen-bond acceptors (Lipinski definition) is 7. The lowest BCUT2D eigenvalue weighted by molar-refractivity contribution is -0.112. The summed E-state index contributed by atoms with van der Waals surface area (Å²) in [4.78, 5) is 32.6. The molecule has 3 aromatic rings. The maximum atomic E-state index is 13.6. The first kappa shape index (κ1) is 22.8. The summed E-state index contributed by atoms with van der Waals surface area (Å²) >= 11 is 2.63. The number of hydrogen-bond donors (Lipinski definition) is 1. The van der Waals surface area contributed by atoms with Crippen molar-refractivity contribution in [3.05, 3.63) is 61.4 Å². The van der Waals surface area contributed by atoms with E-state index in [-0.39, 0.29) is 28.4 Å². The van der Waals surface area contributed by atoms with Gasteiger partial charge in [0.2, 0.25) is 0 Å². The molecule has 8 heteroatoms. The standard InChI is InChI=1S/C23H24N4O2S2/c1-6-17-15(5)31-21-20(17)22(29)27(16-8-7-12(2)13(3)9-16)23(26-21)30-11-19(28)18(10-24)14(4)25/h7-9H,6,11,25H2,1-5H3/b18-14+. The monoisotopic (exact) mass is 452 g/mol. The topological polar surface area (TPSA) is 102 Å². The normalized spacial score (nSPS) is 12.0. The van der Waals surface area contributed by atoms with Gasteiger partial charge in [-0.05, 0) is 62.9 Å². The van der Waals surface area contributed by atoms with Gasteiger partial charge in [-0.1, -0.05) is 24.8 Å². The van der Waals surface area contributed by atoms with Gasteiger partial charge in [0.05, 0.1) is 16.8 Å². The molecule has 0 saturated carbocycles. The molecular weight excluding hydrogens is 428 g/mol. The van der Waals surface area contributed by atoms with Crippen molar-refractivity contribution in [2.45, 2.75) is 46.2 Å². The lowest BCUT2D eigenvalue weighted by atomic mass is 10.1. The van der Waals surface area contributed by atoms with E-state index in [9.17, 15) is 14.9 Å². The molecular formula is C23H24N4O2S2. The van der Waals surface area contributed by atoms with Gasteiger partial charge in [-0.15, -0.1) is 11.3 Å². The van der Waals surface area contributed by atoms with E-state index in [1.807, 2.05) is 52.0 Å². The van der Waals surface area contributed by atoms with Crippen LogP contribution >= 0.6 is 23.1 Å². The van der Waals surface area contributed by atoms with Crippen LogP contribution in [0.2, 0.25) is 0 Å². The lowest BCUT2D eigenvalue weighted by Crippen LogP contribution is -2.22. The molecule has 0 bridgehead atoms. The maximum absolute atomic E-state index is 13.6. The number of carbonyl (C=O) groups excluding carboxylic acids is 1. The zero-order chi connectivity index (χ0) is 22.9. The number of rotatable bonds is 6. The van der Waals surface area contributed by atoms with Crippen molar-refractivity contribution < 1.29 is 4.79 Å². The highest BCUT2D eigenvalue weighted by Gasteiger charge is 2.21. The quantitative estimate of drug-likeness (QED) is 0.258. The average Bonchev–Trinajstić information content (AvgIpc) is 3.04. The van der Waals surface area contributed by atoms with E-state index in [0.717, 1.165) is 39.8 Å². The van der Waals surface area contributed by atoms with Crippen molar-refractivity contribution in [2.75, 3.05) is 5.75 Å². The third kappa shape index (κ3) is 4.29. The number of aromatic nitrogens is 2. The number of aryl methyl sites for hydroxylation is 4. The van der Waals surface area contributed by atoms with Crippen LogP contribution in [0.25, 0.3) is 15.9 Å². The Bertz CT molecular complexity index is 1320. The van der Waals surface area contributed by atoms with Gasteiger partial charge in [0.15, 0.2) is 10.9 Å². The number of nitrogens with two attached hydrogens (primary N) is 1. The van der Waals surface area contributed by atoms with E-state index in [0.29, 0.717) is 21.1 Å². The Balaban J connectivity index is 2.21. The number of nitrogens with zero attached hydrogens (tertiary/aromatic N) is 3. The summed E-state index contributed by atoms with van der Waals surface area (Å²) in [5.41, 5.74) is 9.53. The summed E-state index contributed by atoms with van der Waals surface area (Å²) in [7, 11) is 0. The van der Waals surface area contributed by atoms with Gasteiger partial charge in [-0.25, -0.2) is 4.98 Å². The fraction of sp³-hybridized carbons (Fsp3) is 0.304. The van der Waals surface area contributed by atoms with Gasteiger partial charge in [0.25, 0.3) is 5.56 Å². The molecule has 0 spiro atoms. The average molecular weight is 453 g/mol. The number of carbonyl (C=O) groups is 1. The van der Waals surface area contributed by atoms with E-state index >= 15 is 0 Å². The number of ketones is 1. The molecule has 0 fully saturated rings. The summed E-state index contributed by atoms with van der Waals surface area (Å²) in [6.45, 7) is 9.55. The van der Waals surface area contributed by atoms with Crippen LogP contribution in [-0.2, 0) is 11.2 Å². The van der Waals surface area contributed by atoms with Crippen molar-refractivity contribution in [3.8, 4) is 11.8 Å². The number of nitriles is 1. The first-order chi connectivity index (χ1) is 14.7. The Morgan fingerprint density at radius 3 is 2.58 bits per heavy atom. The molecule has 2 N–H and O–H groups in total. The van der Waals surface area contributed by atoms with E-state index < -0.39 is 0 Å². The Hall–Kier alpha value is -2.89. The summed E-state index contributed by atoms with van der Waals surface area (Å²) in [5.74, 6) is -0.421. The van der Waals surface area contributed by atoms with Crippen LogP contribution in [0, 0.1) is 32.1 Å². The van der Waals surface area contributed by atoms with Crippen LogP contribution in [0.5, 0.6) is 0 Å². The van der Waals surface area contributed by atoms with Gasteiger partial charge in [0, 0.05) is 10.6 Å². The third-order valence-electron chi connectivity index (χ3n) is 5.22. The molecule has 31 heavy (non-hydrogen) atoms. The van der Waals surface area contributed by atoms with Crippen molar-refractivity contribution in [1.82, 2.24) is 9.55 Å². The largest absolute Gasteiger partial charge is 0.401 e. The predicted molar refractivity (Wildman–Crippen MR) is 127 cm³/mol. The molecule has 2 heterocycles. The number of benzene rings is 1. The van der Waals surface area contributed by atoms with E-state index in [1.165, 1.54) is 18.3 Å². The fourth-order valence-corrected chi connectivity index (χ4v) is 5.43. The number of thioether (sulfide) groups is 1. The highest BCUT2D eigenvalue weighted by Crippen LogP contribution is 2.31. The second kappa shape index (κ2) is 9.08. The number of allylic oxidation sites excluding steroid dienone is 2. The summed E-state index contributed by atoms with van der Waals surface area (Å²) in [5, 5.41) is 10.3. The fourth-order valence-electron chi connectivity index (χ4n) is 3.39. The Morgan fingerprint density at radius 1 is 1.29 bits per heavy atom. The molecule has 0 saturated heterocycles. The van der Waals surface area contributed by atoms with Crippen LogP contribution < -0.4 is 11.3 Å². The van der Waals surface area contributed by atoms with Crippen molar-refractivity contribution >= 4 is 39.1 Å². The van der Waals surface area contributed by atoms with Crippen LogP contribution in [0.1, 0.15) is 35.4 Å². The first-order valence-electron chi connectivity index (χ1n) is 9.84. The smallest absolute Gasteiger partial charge is 0.267 e. The molecule has 2 aromatic heterocycles. The Kier molecular flexibility index (Phi) is 6.68. The van der Waals surface area contributed by atoms with Crippen LogP contribution in [0.15, 0.2) is 39.4 Å². The third-order valence-corrected chi connectivity index (χ3v) is 7.20. The van der Waals surface area contributed by atoms with Gasteiger partial charge >= 0.3 is 0 Å². The van der Waals surface area contributed by atoms with Crippen LogP contribution in [-0.4, -0.2) is 21.1 Å². The zero-order valence-corrected chi connectivity index (χ0v) is 19.8. The molecule has 160 valence electrons. The van der Waals surface area contributed by atoms with E-state index in [4.69, 9.17) is 10.7 Å². The molecule has 0 radical (unpaired) electrons. The minimum absolute atomic E-state index is 0.0365. The maximum Gasteiger partial charge on any atom is 0.267 e. The molecule has 0 aliphatic heterocycles. The number of thiophene rings is 1. The molecule has 0 unspecified atom stereocenters. The van der Waals surface area contributed by atoms with E-state index in [2.05, 4.69) is 0 Å².